The van der Waals surface area contributed by atoms with Crippen LogP contribution >= 0.6 is 43.2 Å². The van der Waals surface area contributed by atoms with Crippen LogP contribution in [0.15, 0.2) is 34.1 Å². The number of hydrogen-bond donors (Lipinski definition) is 0. The number of likely N-dealkylation sites (N-methyl/N-ethyl adjacent to an activating group) is 1. The molecule has 0 saturated carbocycles. The maximum absolute atomic E-state index is 12.2. The summed E-state index contributed by atoms with van der Waals surface area (Å²) in [5.74, 6) is -0.381. The van der Waals surface area contributed by atoms with E-state index in [2.05, 4.69) is 31.9 Å². The van der Waals surface area contributed by atoms with E-state index in [0.717, 1.165) is 19.8 Å². The lowest BCUT2D eigenvalue weighted by atomic mass is 9.95. The van der Waals surface area contributed by atoms with Gasteiger partial charge in [0, 0.05) is 17.5 Å². The molecule has 1 atom stereocenters. The van der Waals surface area contributed by atoms with Gasteiger partial charge in [-0.1, -0.05) is 28.1 Å². The smallest absolute Gasteiger partial charge is 0.260 e. The Morgan fingerprint density at radius 2 is 2.00 bits per heavy atom. The third-order valence-corrected chi connectivity index (χ3v) is 6.53. The van der Waals surface area contributed by atoms with Crippen molar-refractivity contribution in [2.75, 3.05) is 7.05 Å². The summed E-state index contributed by atoms with van der Waals surface area (Å²) in [6.07, 6.45) is 0.287. The molecule has 21 heavy (non-hydrogen) atoms. The van der Waals surface area contributed by atoms with Crippen molar-refractivity contribution in [3.05, 3.63) is 55.7 Å². The van der Waals surface area contributed by atoms with Crippen LogP contribution in [-0.4, -0.2) is 23.8 Å². The van der Waals surface area contributed by atoms with Crippen molar-refractivity contribution >= 4 is 55.0 Å². The second kappa shape index (κ2) is 5.66. The van der Waals surface area contributed by atoms with Crippen molar-refractivity contribution in [2.45, 2.75) is 11.2 Å². The molecule has 1 unspecified atom stereocenters. The van der Waals surface area contributed by atoms with Crippen LogP contribution in [0.25, 0.3) is 0 Å². The number of imide groups is 1. The summed E-state index contributed by atoms with van der Waals surface area (Å²) in [5.41, 5.74) is 2.44. The van der Waals surface area contributed by atoms with E-state index in [1.807, 2.05) is 30.3 Å². The molecule has 0 saturated heterocycles. The number of halogens is 2. The van der Waals surface area contributed by atoms with Crippen molar-refractivity contribution in [2.24, 2.45) is 0 Å². The molecule has 1 aliphatic rings. The van der Waals surface area contributed by atoms with Crippen molar-refractivity contribution < 1.29 is 9.59 Å². The summed E-state index contributed by atoms with van der Waals surface area (Å²) in [6, 6.07) is 9.78. The first kappa shape index (κ1) is 14.9. The number of fused-ring (bicyclic) bond motifs is 1. The summed E-state index contributed by atoms with van der Waals surface area (Å²) in [4.78, 5) is 26.3. The Bertz CT molecular complexity index is 741. The van der Waals surface area contributed by atoms with Gasteiger partial charge in [-0.2, -0.15) is 0 Å². The van der Waals surface area contributed by atoms with Crippen LogP contribution in [0.3, 0.4) is 0 Å². The molecular weight excluding hydrogens is 418 g/mol. The quantitative estimate of drug-likeness (QED) is 0.532. The molecular formula is C15H11Br2NO2S. The van der Waals surface area contributed by atoms with Crippen molar-refractivity contribution in [3.63, 3.8) is 0 Å². The molecule has 0 bridgehead atoms. The summed E-state index contributed by atoms with van der Waals surface area (Å²) >= 11 is 8.79. The Labute approximate surface area is 143 Å². The molecule has 1 aliphatic heterocycles. The molecule has 1 aromatic heterocycles. The number of thiophene rings is 1. The number of carbonyl (C=O) groups excluding carboxylic acids is 2. The Kier molecular flexibility index (Phi) is 4.03. The molecule has 1 aromatic carbocycles. The zero-order valence-corrected chi connectivity index (χ0v) is 15.1. The van der Waals surface area contributed by atoms with E-state index in [9.17, 15) is 9.59 Å². The molecule has 2 aromatic rings. The summed E-state index contributed by atoms with van der Waals surface area (Å²) in [6.45, 7) is 0. The highest BCUT2D eigenvalue weighted by Gasteiger charge is 2.28. The van der Waals surface area contributed by atoms with Gasteiger partial charge >= 0.3 is 0 Å². The van der Waals surface area contributed by atoms with Crippen LogP contribution in [0.5, 0.6) is 0 Å². The lowest BCUT2D eigenvalue weighted by Gasteiger charge is -2.24. The Balaban J connectivity index is 2.00. The maximum Gasteiger partial charge on any atom is 0.260 e. The minimum Gasteiger partial charge on any atom is -0.281 e. The molecule has 108 valence electrons. The Hall–Kier alpha value is -0.980. The first-order chi connectivity index (χ1) is 9.97. The Morgan fingerprint density at radius 3 is 2.67 bits per heavy atom. The molecule has 0 N–H and O–H groups in total. The first-order valence-corrected chi connectivity index (χ1v) is 8.83. The second-order valence-electron chi connectivity index (χ2n) is 4.86. The topological polar surface area (TPSA) is 37.4 Å². The number of alkyl halides is 1. The number of nitrogens with zero attached hydrogens (tertiary/aromatic N) is 1. The lowest BCUT2D eigenvalue weighted by Crippen LogP contribution is -2.39. The third-order valence-electron chi connectivity index (χ3n) is 3.52. The van der Waals surface area contributed by atoms with Gasteiger partial charge in [-0.3, -0.25) is 14.5 Å². The molecule has 0 radical (unpaired) electrons. The van der Waals surface area contributed by atoms with E-state index in [0.29, 0.717) is 5.56 Å². The highest BCUT2D eigenvalue weighted by Crippen LogP contribution is 2.38. The van der Waals surface area contributed by atoms with Crippen LogP contribution < -0.4 is 0 Å². The van der Waals surface area contributed by atoms with Gasteiger partial charge in [0.2, 0.25) is 5.91 Å². The number of rotatable bonds is 2. The fourth-order valence-electron chi connectivity index (χ4n) is 2.31. The molecule has 2 heterocycles. The van der Waals surface area contributed by atoms with Crippen molar-refractivity contribution in [3.8, 4) is 0 Å². The molecule has 3 rings (SSSR count). The van der Waals surface area contributed by atoms with Gasteiger partial charge in [-0.25, -0.2) is 0 Å². The number of carbonyl (C=O) groups is 2. The maximum atomic E-state index is 12.2. The molecule has 2 amide bonds. The Morgan fingerprint density at radius 1 is 1.24 bits per heavy atom. The normalized spacial score (nSPS) is 16.0. The van der Waals surface area contributed by atoms with E-state index >= 15 is 0 Å². The molecule has 0 spiro atoms. The largest absolute Gasteiger partial charge is 0.281 e. The molecule has 0 fully saturated rings. The monoisotopic (exact) mass is 427 g/mol. The van der Waals surface area contributed by atoms with Gasteiger partial charge in [0.25, 0.3) is 5.91 Å². The van der Waals surface area contributed by atoms with Gasteiger partial charge in [-0.15, -0.1) is 11.3 Å². The van der Waals surface area contributed by atoms with Crippen LogP contribution in [0.2, 0.25) is 0 Å². The van der Waals surface area contributed by atoms with E-state index in [4.69, 9.17) is 0 Å². The number of hydrogen-bond acceptors (Lipinski definition) is 3. The van der Waals surface area contributed by atoms with Gasteiger partial charge in [0.15, 0.2) is 0 Å². The highest BCUT2D eigenvalue weighted by atomic mass is 79.9. The van der Waals surface area contributed by atoms with Crippen LogP contribution in [0.4, 0.5) is 0 Å². The van der Waals surface area contributed by atoms with Crippen LogP contribution in [-0.2, 0) is 11.2 Å². The van der Waals surface area contributed by atoms with Crippen LogP contribution in [0.1, 0.15) is 31.2 Å². The highest BCUT2D eigenvalue weighted by molar-refractivity contribution is 9.11. The predicted octanol–water partition coefficient (Wildman–Crippen LogP) is 4.15. The number of benzene rings is 1. The third kappa shape index (κ3) is 2.72. The zero-order valence-electron chi connectivity index (χ0n) is 11.1. The lowest BCUT2D eigenvalue weighted by molar-refractivity contribution is -0.127. The number of amides is 2. The van der Waals surface area contributed by atoms with E-state index in [1.165, 1.54) is 11.9 Å². The summed E-state index contributed by atoms with van der Waals surface area (Å²) < 4.78 is 1.07. The predicted molar refractivity (Wildman–Crippen MR) is 90.0 cm³/mol. The average Bonchev–Trinajstić information content (AvgIpc) is 2.90. The molecule has 0 aliphatic carbocycles. The summed E-state index contributed by atoms with van der Waals surface area (Å²) in [5, 5.41) is 0. The van der Waals surface area contributed by atoms with E-state index in [1.54, 1.807) is 11.3 Å². The van der Waals surface area contributed by atoms with Crippen molar-refractivity contribution in [1.82, 2.24) is 4.90 Å². The van der Waals surface area contributed by atoms with Gasteiger partial charge in [0.05, 0.1) is 15.0 Å². The second-order valence-corrected chi connectivity index (χ2v) is 8.27. The zero-order chi connectivity index (χ0) is 15.1. The van der Waals surface area contributed by atoms with Gasteiger partial charge in [0.1, 0.15) is 0 Å². The standard InChI is InChI=1S/C15H11Br2NO2S/c1-18-13(19)7-8-2-3-9(6-10(8)15(18)20)14(17)11-4-5-12(16)21-11/h2-6,14H,7H2,1H3. The fourth-order valence-corrected chi connectivity index (χ4v) is 4.46. The van der Waals surface area contributed by atoms with Crippen LogP contribution in [0, 0.1) is 0 Å². The molecule has 6 heteroatoms. The summed E-state index contributed by atoms with van der Waals surface area (Å²) in [7, 11) is 1.53. The average molecular weight is 429 g/mol. The minimum atomic E-state index is -0.227. The van der Waals surface area contributed by atoms with E-state index in [-0.39, 0.29) is 23.1 Å². The van der Waals surface area contributed by atoms with Crippen molar-refractivity contribution in [1.29, 1.82) is 0 Å². The minimum absolute atomic E-state index is 0.0369. The first-order valence-electron chi connectivity index (χ1n) is 6.30. The van der Waals surface area contributed by atoms with Gasteiger partial charge in [-0.05, 0) is 45.3 Å². The SMILES string of the molecule is CN1C(=O)Cc2ccc(C(Br)c3ccc(Br)s3)cc2C1=O. The fraction of sp³-hybridized carbons (Fsp3) is 0.200. The molecule has 3 nitrogen and oxygen atoms in total. The van der Waals surface area contributed by atoms with E-state index < -0.39 is 0 Å². The van der Waals surface area contributed by atoms with Gasteiger partial charge < -0.3 is 0 Å².